The van der Waals surface area contributed by atoms with Gasteiger partial charge < -0.3 is 15.3 Å². The number of phenolic OH excluding ortho intramolecular Hbond substituents is 1. The fourth-order valence-corrected chi connectivity index (χ4v) is 3.00. The molecule has 1 aliphatic rings. The van der Waals surface area contributed by atoms with E-state index in [1.54, 1.807) is 12.1 Å². The molecule has 3 rings (SSSR count). The third-order valence-corrected chi connectivity index (χ3v) is 4.49. The maximum absolute atomic E-state index is 13.8. The Labute approximate surface area is 153 Å². The first-order chi connectivity index (χ1) is 12.9. The van der Waals surface area contributed by atoms with Crippen molar-refractivity contribution in [2.45, 2.75) is 18.9 Å². The van der Waals surface area contributed by atoms with Crippen molar-refractivity contribution in [1.29, 1.82) is 0 Å². The Kier molecular flexibility index (Phi) is 5.34. The van der Waals surface area contributed by atoms with E-state index >= 15 is 0 Å². The van der Waals surface area contributed by atoms with Crippen molar-refractivity contribution in [3.05, 3.63) is 65.0 Å². The van der Waals surface area contributed by atoms with Crippen LogP contribution in [0.15, 0.2) is 36.4 Å². The Hall–Kier alpha value is -3.03. The highest BCUT2D eigenvalue weighted by Crippen LogP contribution is 2.20. The van der Waals surface area contributed by atoms with Gasteiger partial charge in [-0.15, -0.1) is 0 Å². The smallest absolute Gasteiger partial charge is 0.256 e. The normalized spacial score (nSPS) is 14.9. The van der Waals surface area contributed by atoms with E-state index in [1.807, 2.05) is 0 Å². The number of carbonyl (C=O) groups is 2. The summed E-state index contributed by atoms with van der Waals surface area (Å²) >= 11 is 0. The largest absolute Gasteiger partial charge is 0.508 e. The molecule has 2 aromatic rings. The number of hydrogen-bond donors (Lipinski definition) is 2. The van der Waals surface area contributed by atoms with Crippen LogP contribution in [-0.4, -0.2) is 41.0 Å². The van der Waals surface area contributed by atoms with Crippen molar-refractivity contribution >= 4 is 11.8 Å². The molecule has 0 radical (unpaired) electrons. The predicted octanol–water partition coefficient (Wildman–Crippen LogP) is 2.84. The van der Waals surface area contributed by atoms with E-state index in [0.717, 1.165) is 6.07 Å². The van der Waals surface area contributed by atoms with Crippen molar-refractivity contribution in [2.24, 2.45) is 0 Å². The van der Waals surface area contributed by atoms with Gasteiger partial charge in [-0.2, -0.15) is 0 Å². The number of hydrogen-bond acceptors (Lipinski definition) is 3. The molecule has 0 spiro atoms. The fourth-order valence-electron chi connectivity index (χ4n) is 3.00. The second kappa shape index (κ2) is 7.69. The minimum absolute atomic E-state index is 0.0170. The summed E-state index contributed by atoms with van der Waals surface area (Å²) in [5.74, 6) is -5.60. The summed E-state index contributed by atoms with van der Waals surface area (Å²) in [6.07, 6.45) is 0.864. The first kappa shape index (κ1) is 18.8. The van der Waals surface area contributed by atoms with E-state index in [-0.39, 0.29) is 30.8 Å². The van der Waals surface area contributed by atoms with Crippen LogP contribution in [0.4, 0.5) is 13.2 Å². The molecule has 27 heavy (non-hydrogen) atoms. The number of phenols is 1. The molecule has 1 saturated heterocycles. The second-order valence-corrected chi connectivity index (χ2v) is 6.31. The van der Waals surface area contributed by atoms with Crippen LogP contribution in [0.2, 0.25) is 0 Å². The lowest BCUT2D eigenvalue weighted by Gasteiger charge is -2.32. The number of aromatic hydroxyl groups is 1. The van der Waals surface area contributed by atoms with Gasteiger partial charge in [-0.25, -0.2) is 13.2 Å². The zero-order valence-electron chi connectivity index (χ0n) is 14.2. The van der Waals surface area contributed by atoms with E-state index in [1.165, 1.54) is 17.0 Å². The van der Waals surface area contributed by atoms with E-state index < -0.39 is 28.9 Å². The van der Waals surface area contributed by atoms with Crippen LogP contribution in [0.3, 0.4) is 0 Å². The number of benzene rings is 2. The number of rotatable bonds is 3. The number of piperidine rings is 1. The van der Waals surface area contributed by atoms with Crippen molar-refractivity contribution in [3.8, 4) is 5.75 Å². The summed E-state index contributed by atoms with van der Waals surface area (Å²) in [6, 6.07) is 7.37. The van der Waals surface area contributed by atoms with E-state index in [9.17, 15) is 27.9 Å². The Morgan fingerprint density at radius 2 is 1.74 bits per heavy atom. The molecule has 1 heterocycles. The number of carbonyl (C=O) groups excluding carboxylic acids is 2. The van der Waals surface area contributed by atoms with Gasteiger partial charge in [0.15, 0.2) is 17.5 Å². The Balaban J connectivity index is 1.59. The molecular weight excluding hydrogens is 361 g/mol. The summed E-state index contributed by atoms with van der Waals surface area (Å²) in [4.78, 5) is 25.9. The van der Waals surface area contributed by atoms with Gasteiger partial charge in [-0.05, 0) is 43.2 Å². The lowest BCUT2D eigenvalue weighted by molar-refractivity contribution is 0.0692. The molecule has 0 atom stereocenters. The predicted molar refractivity (Wildman–Crippen MR) is 90.8 cm³/mol. The minimum atomic E-state index is -1.67. The van der Waals surface area contributed by atoms with Crippen molar-refractivity contribution in [3.63, 3.8) is 0 Å². The van der Waals surface area contributed by atoms with Gasteiger partial charge in [0.25, 0.3) is 11.8 Å². The summed E-state index contributed by atoms with van der Waals surface area (Å²) in [7, 11) is 0. The van der Waals surface area contributed by atoms with Crippen LogP contribution < -0.4 is 5.32 Å². The minimum Gasteiger partial charge on any atom is -0.508 e. The molecule has 0 aromatic heterocycles. The SMILES string of the molecule is O=C(NC1CCN(C(=O)c2ccc(F)c(F)c2F)CC1)c1cccc(O)c1. The first-order valence-corrected chi connectivity index (χ1v) is 8.39. The third kappa shape index (κ3) is 4.05. The molecular formula is C19H17F3N2O3. The molecule has 8 heteroatoms. The van der Waals surface area contributed by atoms with Gasteiger partial charge in [0.1, 0.15) is 5.75 Å². The van der Waals surface area contributed by atoms with Gasteiger partial charge in [-0.3, -0.25) is 9.59 Å². The van der Waals surface area contributed by atoms with Crippen LogP contribution in [-0.2, 0) is 0 Å². The van der Waals surface area contributed by atoms with Gasteiger partial charge in [0.05, 0.1) is 5.56 Å². The van der Waals surface area contributed by atoms with Crippen molar-refractivity contribution in [2.75, 3.05) is 13.1 Å². The zero-order chi connectivity index (χ0) is 19.6. The van der Waals surface area contributed by atoms with E-state index in [2.05, 4.69) is 5.32 Å². The number of halogens is 3. The van der Waals surface area contributed by atoms with Crippen molar-refractivity contribution in [1.82, 2.24) is 10.2 Å². The quantitative estimate of drug-likeness (QED) is 0.807. The molecule has 2 aromatic carbocycles. The Bertz CT molecular complexity index is 880. The number of likely N-dealkylation sites (tertiary alicyclic amines) is 1. The molecule has 0 bridgehead atoms. The average Bonchev–Trinajstić information content (AvgIpc) is 2.66. The lowest BCUT2D eigenvalue weighted by Crippen LogP contribution is -2.46. The highest BCUT2D eigenvalue weighted by atomic mass is 19.2. The summed E-state index contributed by atoms with van der Waals surface area (Å²) < 4.78 is 40.1. The van der Waals surface area contributed by atoms with Crippen LogP contribution in [0.25, 0.3) is 0 Å². The second-order valence-electron chi connectivity index (χ2n) is 6.31. The van der Waals surface area contributed by atoms with E-state index in [4.69, 9.17) is 0 Å². The molecule has 5 nitrogen and oxygen atoms in total. The van der Waals surface area contributed by atoms with Crippen molar-refractivity contribution < 1.29 is 27.9 Å². The first-order valence-electron chi connectivity index (χ1n) is 8.39. The molecule has 2 amide bonds. The molecule has 1 aliphatic heterocycles. The number of nitrogens with one attached hydrogen (secondary N) is 1. The monoisotopic (exact) mass is 378 g/mol. The molecule has 1 fully saturated rings. The maximum atomic E-state index is 13.8. The number of amides is 2. The maximum Gasteiger partial charge on any atom is 0.256 e. The molecule has 0 saturated carbocycles. The van der Waals surface area contributed by atoms with Gasteiger partial charge in [0.2, 0.25) is 0 Å². The van der Waals surface area contributed by atoms with E-state index in [0.29, 0.717) is 24.5 Å². The molecule has 2 N–H and O–H groups in total. The highest BCUT2D eigenvalue weighted by molar-refractivity contribution is 5.95. The van der Waals surface area contributed by atoms with Crippen LogP contribution >= 0.6 is 0 Å². The van der Waals surface area contributed by atoms with Crippen LogP contribution in [0, 0.1) is 17.5 Å². The fraction of sp³-hybridized carbons (Fsp3) is 0.263. The summed E-state index contributed by atoms with van der Waals surface area (Å²) in [5.41, 5.74) is -0.200. The highest BCUT2D eigenvalue weighted by Gasteiger charge is 2.28. The molecule has 142 valence electrons. The standard InChI is InChI=1S/C19H17F3N2O3/c20-15-5-4-14(16(21)17(15)22)19(27)24-8-6-12(7-9-24)23-18(26)11-2-1-3-13(25)10-11/h1-5,10,12,25H,6-9H2,(H,23,26). The molecule has 0 unspecified atom stereocenters. The van der Waals surface area contributed by atoms with Gasteiger partial charge in [-0.1, -0.05) is 6.07 Å². The topological polar surface area (TPSA) is 69.6 Å². The molecule has 0 aliphatic carbocycles. The summed E-state index contributed by atoms with van der Waals surface area (Å²) in [6.45, 7) is 0.477. The Morgan fingerprint density at radius 3 is 2.41 bits per heavy atom. The van der Waals surface area contributed by atoms with Crippen LogP contribution in [0.1, 0.15) is 33.6 Å². The van der Waals surface area contributed by atoms with Crippen LogP contribution in [0.5, 0.6) is 5.75 Å². The zero-order valence-corrected chi connectivity index (χ0v) is 14.2. The lowest BCUT2D eigenvalue weighted by atomic mass is 10.0. The average molecular weight is 378 g/mol. The van der Waals surface area contributed by atoms with Gasteiger partial charge in [0, 0.05) is 24.7 Å². The number of nitrogens with zero attached hydrogens (tertiary/aromatic N) is 1. The Morgan fingerprint density at radius 1 is 1.04 bits per heavy atom. The third-order valence-electron chi connectivity index (χ3n) is 4.49. The summed E-state index contributed by atoms with van der Waals surface area (Å²) in [5, 5.41) is 12.2. The van der Waals surface area contributed by atoms with Gasteiger partial charge >= 0.3 is 0 Å².